The van der Waals surface area contributed by atoms with E-state index in [1.165, 1.54) is 6.07 Å². The van der Waals surface area contributed by atoms with Crippen LogP contribution < -0.4 is 0 Å². The third-order valence-electron chi connectivity index (χ3n) is 1.34. The lowest BCUT2D eigenvalue weighted by atomic mass is 10.4. The zero-order chi connectivity index (χ0) is 9.90. The van der Waals surface area contributed by atoms with Gasteiger partial charge < -0.3 is 14.8 Å². The van der Waals surface area contributed by atoms with Crippen LogP contribution in [-0.2, 0) is 4.57 Å². The Morgan fingerprint density at radius 1 is 1.69 bits per heavy atom. The van der Waals surface area contributed by atoms with Crippen molar-refractivity contribution in [2.45, 2.75) is 0 Å². The Balaban J connectivity index is 3.06. The van der Waals surface area contributed by atoms with Crippen LogP contribution >= 0.6 is 7.60 Å². The van der Waals surface area contributed by atoms with Crippen LogP contribution in [0.15, 0.2) is 23.6 Å². The Morgan fingerprint density at radius 2 is 2.38 bits per heavy atom. The van der Waals surface area contributed by atoms with Crippen molar-refractivity contribution >= 4 is 13.7 Å². The molecule has 0 aliphatic rings. The molecule has 0 bridgehead atoms. The molecule has 0 aliphatic carbocycles. The van der Waals surface area contributed by atoms with Gasteiger partial charge in [0.1, 0.15) is 11.4 Å². The molecule has 0 radical (unpaired) electrons. The van der Waals surface area contributed by atoms with Crippen molar-refractivity contribution in [3.8, 4) is 6.07 Å². The van der Waals surface area contributed by atoms with Crippen molar-refractivity contribution in [1.29, 1.82) is 5.26 Å². The molecular weight excluding hydrogens is 191 g/mol. The number of hydrogen-bond donors (Lipinski definition) is 3. The van der Waals surface area contributed by atoms with E-state index in [9.17, 15) is 4.57 Å². The lowest BCUT2D eigenvalue weighted by molar-refractivity contribution is 0.384. The zero-order valence-corrected chi connectivity index (χ0v) is 7.40. The van der Waals surface area contributed by atoms with E-state index in [2.05, 4.69) is 4.98 Å². The van der Waals surface area contributed by atoms with Crippen LogP contribution in [0.1, 0.15) is 5.69 Å². The Kier molecular flexibility index (Phi) is 2.69. The number of allylic oxidation sites excluding steroid dienone is 1. The van der Waals surface area contributed by atoms with Gasteiger partial charge in [0.15, 0.2) is 0 Å². The fraction of sp³-hybridized carbons (Fsp3) is 0. The fourth-order valence-corrected chi connectivity index (χ4v) is 1.20. The molecule has 0 fully saturated rings. The number of nitrogens with zero attached hydrogens (tertiary/aromatic N) is 1. The molecule has 0 spiro atoms. The SMILES string of the molecule is N#C/C(=C\c1ccc[nH]1)P(=O)(O)O. The van der Waals surface area contributed by atoms with E-state index in [1.54, 1.807) is 18.3 Å². The monoisotopic (exact) mass is 198 g/mol. The highest BCUT2D eigenvalue weighted by Crippen LogP contribution is 2.44. The topological polar surface area (TPSA) is 97.1 Å². The van der Waals surface area contributed by atoms with E-state index in [0.717, 1.165) is 6.08 Å². The molecule has 0 aliphatic heterocycles. The summed E-state index contributed by atoms with van der Waals surface area (Å²) in [7, 11) is -4.44. The van der Waals surface area contributed by atoms with Gasteiger partial charge in [-0.2, -0.15) is 5.26 Å². The summed E-state index contributed by atoms with van der Waals surface area (Å²) in [5, 5.41) is 7.89. The van der Waals surface area contributed by atoms with Gasteiger partial charge in [0, 0.05) is 11.9 Å². The lowest BCUT2D eigenvalue weighted by Crippen LogP contribution is -1.82. The van der Waals surface area contributed by atoms with E-state index in [-0.39, 0.29) is 0 Å². The molecule has 0 saturated carbocycles. The van der Waals surface area contributed by atoms with Gasteiger partial charge in [-0.25, -0.2) is 0 Å². The Labute approximate surface area is 74.5 Å². The van der Waals surface area contributed by atoms with E-state index in [1.807, 2.05) is 0 Å². The maximum Gasteiger partial charge on any atom is 0.366 e. The van der Waals surface area contributed by atoms with E-state index in [0.29, 0.717) is 5.69 Å². The number of hydrogen-bond acceptors (Lipinski definition) is 2. The van der Waals surface area contributed by atoms with Crippen LogP contribution in [0.5, 0.6) is 0 Å². The van der Waals surface area contributed by atoms with Gasteiger partial charge in [-0.1, -0.05) is 0 Å². The molecule has 1 aromatic heterocycles. The highest BCUT2D eigenvalue weighted by molar-refractivity contribution is 7.57. The maximum absolute atomic E-state index is 10.7. The highest BCUT2D eigenvalue weighted by Gasteiger charge is 2.20. The molecule has 0 saturated heterocycles. The fourth-order valence-electron chi connectivity index (χ4n) is 0.763. The van der Waals surface area contributed by atoms with E-state index in [4.69, 9.17) is 15.0 Å². The first-order valence-corrected chi connectivity index (χ1v) is 4.96. The molecular formula is C7H7N2O3P. The molecule has 13 heavy (non-hydrogen) atoms. The third kappa shape index (κ3) is 2.56. The van der Waals surface area contributed by atoms with Crippen LogP contribution in [0.2, 0.25) is 0 Å². The average molecular weight is 198 g/mol. The smallest absolute Gasteiger partial charge is 0.362 e. The van der Waals surface area contributed by atoms with Crippen molar-refractivity contribution in [2.24, 2.45) is 0 Å². The summed E-state index contributed by atoms with van der Waals surface area (Å²) in [5.41, 5.74) is 0.486. The number of H-pyrrole nitrogens is 1. The Bertz CT molecular complexity index is 396. The highest BCUT2D eigenvalue weighted by atomic mass is 31.2. The van der Waals surface area contributed by atoms with Crippen molar-refractivity contribution in [3.63, 3.8) is 0 Å². The molecule has 0 unspecified atom stereocenters. The van der Waals surface area contributed by atoms with Crippen molar-refractivity contribution in [3.05, 3.63) is 29.3 Å². The zero-order valence-electron chi connectivity index (χ0n) is 6.51. The van der Waals surface area contributed by atoms with Crippen LogP contribution in [-0.4, -0.2) is 14.8 Å². The van der Waals surface area contributed by atoms with Crippen molar-refractivity contribution < 1.29 is 14.4 Å². The van der Waals surface area contributed by atoms with Gasteiger partial charge in [-0.05, 0) is 18.2 Å². The lowest BCUT2D eigenvalue weighted by Gasteiger charge is -1.99. The summed E-state index contributed by atoms with van der Waals surface area (Å²) in [6, 6.07) is 4.73. The van der Waals surface area contributed by atoms with Gasteiger partial charge in [0.25, 0.3) is 0 Å². The second-order valence-electron chi connectivity index (χ2n) is 2.31. The molecule has 0 atom stereocenters. The van der Waals surface area contributed by atoms with Gasteiger partial charge in [-0.15, -0.1) is 0 Å². The largest absolute Gasteiger partial charge is 0.366 e. The van der Waals surface area contributed by atoms with Crippen LogP contribution in [0.25, 0.3) is 6.08 Å². The predicted molar refractivity (Wildman–Crippen MR) is 46.4 cm³/mol. The second kappa shape index (κ2) is 3.58. The molecule has 6 heteroatoms. The maximum atomic E-state index is 10.7. The van der Waals surface area contributed by atoms with E-state index < -0.39 is 12.9 Å². The minimum atomic E-state index is -4.44. The Morgan fingerprint density at radius 3 is 2.77 bits per heavy atom. The van der Waals surface area contributed by atoms with Crippen LogP contribution in [0.4, 0.5) is 0 Å². The number of aromatic amines is 1. The second-order valence-corrected chi connectivity index (χ2v) is 3.88. The summed E-state index contributed by atoms with van der Waals surface area (Å²) in [4.78, 5) is 20.1. The summed E-state index contributed by atoms with van der Waals surface area (Å²) in [6.07, 6.45) is 2.72. The average Bonchev–Trinajstić information content (AvgIpc) is 2.49. The Hall–Kier alpha value is -1.34. The molecule has 3 N–H and O–H groups in total. The van der Waals surface area contributed by atoms with Gasteiger partial charge in [0.05, 0.1) is 0 Å². The summed E-state index contributed by atoms with van der Waals surface area (Å²) >= 11 is 0. The van der Waals surface area contributed by atoms with E-state index >= 15 is 0 Å². The van der Waals surface area contributed by atoms with Gasteiger partial charge in [-0.3, -0.25) is 4.57 Å². The van der Waals surface area contributed by atoms with Crippen LogP contribution in [0, 0.1) is 11.3 Å². The number of nitrogens with one attached hydrogen (secondary N) is 1. The molecule has 68 valence electrons. The first-order chi connectivity index (χ1) is 6.04. The summed E-state index contributed by atoms with van der Waals surface area (Å²) in [6.45, 7) is 0. The number of nitriles is 1. The van der Waals surface area contributed by atoms with Crippen LogP contribution in [0.3, 0.4) is 0 Å². The normalized spacial score (nSPS) is 12.5. The summed E-state index contributed by atoms with van der Waals surface area (Å²) in [5.74, 6) is 0. The summed E-state index contributed by atoms with van der Waals surface area (Å²) < 4.78 is 10.7. The standard InChI is InChI=1S/C7H7N2O3P/c8-5-7(13(10,11)12)4-6-2-1-3-9-6/h1-4,9H,(H2,10,11,12)/b7-4+. The molecule has 0 amide bonds. The minimum Gasteiger partial charge on any atom is -0.362 e. The first-order valence-electron chi connectivity index (χ1n) is 3.35. The van der Waals surface area contributed by atoms with Crippen molar-refractivity contribution in [1.82, 2.24) is 4.98 Å². The number of aromatic nitrogens is 1. The van der Waals surface area contributed by atoms with Gasteiger partial charge >= 0.3 is 7.60 Å². The molecule has 1 aromatic rings. The first kappa shape index (κ1) is 9.75. The van der Waals surface area contributed by atoms with Crippen molar-refractivity contribution in [2.75, 3.05) is 0 Å². The third-order valence-corrected chi connectivity index (χ3v) is 2.20. The van der Waals surface area contributed by atoms with Gasteiger partial charge in [0.2, 0.25) is 0 Å². The number of rotatable bonds is 2. The molecule has 1 rings (SSSR count). The predicted octanol–water partition coefficient (Wildman–Crippen LogP) is 1.06. The molecule has 1 heterocycles. The molecule has 5 nitrogen and oxygen atoms in total. The quantitative estimate of drug-likeness (QED) is 0.488. The minimum absolute atomic E-state index is 0.486. The molecule has 0 aromatic carbocycles.